The van der Waals surface area contributed by atoms with Crippen LogP contribution in [0.1, 0.15) is 18.9 Å². The van der Waals surface area contributed by atoms with Crippen molar-refractivity contribution in [1.29, 1.82) is 0 Å². The molecule has 0 saturated heterocycles. The minimum absolute atomic E-state index is 0.145. The third kappa shape index (κ3) is 4.17. The van der Waals surface area contributed by atoms with E-state index in [0.717, 1.165) is 5.56 Å². The molecule has 0 fully saturated rings. The van der Waals surface area contributed by atoms with Crippen LogP contribution in [0.5, 0.6) is 0 Å². The summed E-state index contributed by atoms with van der Waals surface area (Å²) in [5.41, 5.74) is 1.05. The molecule has 7 heteroatoms. The molecular formula is C15H18N2O4S. The largest absolute Gasteiger partial charge is 0.477 e. The Balaban J connectivity index is 1.79. The quantitative estimate of drug-likeness (QED) is 0.745. The third-order valence-electron chi connectivity index (χ3n) is 3.30. The number of hydrogen-bond acceptors (Lipinski definition) is 5. The lowest BCUT2D eigenvalue weighted by Crippen LogP contribution is -2.48. The Hall–Kier alpha value is -2.15. The molecule has 6 nitrogen and oxygen atoms in total. The van der Waals surface area contributed by atoms with Crippen LogP contribution in [0.4, 0.5) is 4.79 Å². The lowest BCUT2D eigenvalue weighted by atomic mass is 10.2. The number of carboxylic acid groups (broad SMARTS) is 1. The number of aliphatic carboxylic acids is 1. The van der Waals surface area contributed by atoms with Crippen LogP contribution in [-0.2, 0) is 16.1 Å². The summed E-state index contributed by atoms with van der Waals surface area (Å²) in [6.45, 7) is 2.40. The highest BCUT2D eigenvalue weighted by Gasteiger charge is 2.35. The summed E-state index contributed by atoms with van der Waals surface area (Å²) in [5.74, 6) is -1.01. The highest BCUT2D eigenvalue weighted by atomic mass is 32.2. The van der Waals surface area contributed by atoms with E-state index < -0.39 is 16.9 Å². The molecule has 1 aromatic carbocycles. The van der Waals surface area contributed by atoms with Crippen molar-refractivity contribution in [2.45, 2.75) is 24.8 Å². The first-order chi connectivity index (χ1) is 10.5. The van der Waals surface area contributed by atoms with Crippen molar-refractivity contribution in [1.82, 2.24) is 10.6 Å². The molecule has 1 atom stereocenters. The second-order valence-electron chi connectivity index (χ2n) is 4.84. The Morgan fingerprint density at radius 1 is 1.36 bits per heavy atom. The van der Waals surface area contributed by atoms with Gasteiger partial charge in [0.2, 0.25) is 0 Å². The van der Waals surface area contributed by atoms with E-state index in [1.54, 1.807) is 5.41 Å². The first kappa shape index (κ1) is 16.2. The van der Waals surface area contributed by atoms with Crippen molar-refractivity contribution in [3.63, 3.8) is 0 Å². The second kappa shape index (κ2) is 7.22. The lowest BCUT2D eigenvalue weighted by molar-refractivity contribution is -0.133. The summed E-state index contributed by atoms with van der Waals surface area (Å²) >= 11 is 1.36. The monoisotopic (exact) mass is 322 g/mol. The number of benzene rings is 1. The van der Waals surface area contributed by atoms with Gasteiger partial charge in [-0.15, -0.1) is 11.8 Å². The van der Waals surface area contributed by atoms with Gasteiger partial charge in [-0.2, -0.15) is 0 Å². The molecule has 1 amide bonds. The molecular weight excluding hydrogens is 304 g/mol. The lowest BCUT2D eigenvalue weighted by Gasteiger charge is -2.28. The van der Waals surface area contributed by atoms with E-state index in [4.69, 9.17) is 9.84 Å². The summed E-state index contributed by atoms with van der Waals surface area (Å²) < 4.78 is 5.13. The van der Waals surface area contributed by atoms with Crippen LogP contribution in [0.2, 0.25) is 0 Å². The number of carboxylic acids is 1. The van der Waals surface area contributed by atoms with Gasteiger partial charge in [-0.05, 0) is 12.0 Å². The molecule has 1 aliphatic rings. The summed E-state index contributed by atoms with van der Waals surface area (Å²) in [6.07, 6.45) is 0.132. The summed E-state index contributed by atoms with van der Waals surface area (Å²) in [5, 5.41) is 16.1. The van der Waals surface area contributed by atoms with Gasteiger partial charge in [0.05, 0.1) is 6.54 Å². The number of rotatable bonds is 6. The van der Waals surface area contributed by atoms with Crippen molar-refractivity contribution in [3.8, 4) is 0 Å². The van der Waals surface area contributed by atoms with E-state index in [1.807, 2.05) is 37.3 Å². The van der Waals surface area contributed by atoms with Gasteiger partial charge < -0.3 is 20.5 Å². The average molecular weight is 322 g/mol. The first-order valence-electron chi connectivity index (χ1n) is 6.89. The molecule has 1 unspecified atom stereocenters. The van der Waals surface area contributed by atoms with E-state index >= 15 is 0 Å². The summed E-state index contributed by atoms with van der Waals surface area (Å²) in [6, 6.07) is 9.39. The van der Waals surface area contributed by atoms with Gasteiger partial charge in [0, 0.05) is 5.41 Å². The van der Waals surface area contributed by atoms with Crippen molar-refractivity contribution in [2.24, 2.45) is 0 Å². The van der Waals surface area contributed by atoms with Crippen LogP contribution in [0.25, 0.3) is 0 Å². The van der Waals surface area contributed by atoms with Crippen LogP contribution < -0.4 is 10.6 Å². The van der Waals surface area contributed by atoms with Gasteiger partial charge in [0.25, 0.3) is 0 Å². The molecule has 0 saturated carbocycles. The Morgan fingerprint density at radius 3 is 2.68 bits per heavy atom. The molecule has 1 aromatic rings. The highest BCUT2D eigenvalue weighted by Crippen LogP contribution is 2.34. The molecule has 22 heavy (non-hydrogen) atoms. The zero-order chi connectivity index (χ0) is 16.0. The van der Waals surface area contributed by atoms with E-state index in [9.17, 15) is 9.59 Å². The molecule has 0 bridgehead atoms. The van der Waals surface area contributed by atoms with Crippen LogP contribution in [0.15, 0.2) is 41.4 Å². The topological polar surface area (TPSA) is 87.7 Å². The maximum Gasteiger partial charge on any atom is 0.407 e. The van der Waals surface area contributed by atoms with Gasteiger partial charge >= 0.3 is 12.1 Å². The van der Waals surface area contributed by atoms with E-state index in [1.165, 1.54) is 11.8 Å². The van der Waals surface area contributed by atoms with Crippen LogP contribution >= 0.6 is 11.8 Å². The maximum absolute atomic E-state index is 11.7. The first-order valence-corrected chi connectivity index (χ1v) is 7.76. The number of amides is 1. The fourth-order valence-corrected chi connectivity index (χ4v) is 2.95. The van der Waals surface area contributed by atoms with Crippen molar-refractivity contribution >= 4 is 23.8 Å². The molecule has 1 aliphatic heterocycles. The molecule has 0 spiro atoms. The third-order valence-corrected chi connectivity index (χ3v) is 4.64. The van der Waals surface area contributed by atoms with Crippen LogP contribution in [0, 0.1) is 0 Å². The molecule has 0 aliphatic carbocycles. The van der Waals surface area contributed by atoms with Gasteiger partial charge in [-0.25, -0.2) is 9.59 Å². The second-order valence-corrected chi connectivity index (χ2v) is 6.10. The number of nitrogens with one attached hydrogen (secondary N) is 2. The number of hydrogen-bond donors (Lipinski definition) is 3. The van der Waals surface area contributed by atoms with E-state index in [2.05, 4.69) is 10.6 Å². The number of thioether (sulfide) groups is 1. The Morgan fingerprint density at radius 2 is 2.09 bits per heavy atom. The standard InChI is InChI=1S/C15H18N2O4S/c1-2-15(17-12(9-22-15)13(18)19)10-16-14(20)21-8-11-6-4-3-5-7-11/h3-7,9,17H,2,8,10H2,1H3,(H,16,20)(H,18,19). The van der Waals surface area contributed by atoms with Crippen molar-refractivity contribution < 1.29 is 19.4 Å². The van der Waals surface area contributed by atoms with Crippen LogP contribution in [-0.4, -0.2) is 28.6 Å². The van der Waals surface area contributed by atoms with Gasteiger partial charge in [0.1, 0.15) is 17.2 Å². The van der Waals surface area contributed by atoms with Crippen molar-refractivity contribution in [2.75, 3.05) is 6.54 Å². The zero-order valence-electron chi connectivity index (χ0n) is 12.2. The minimum Gasteiger partial charge on any atom is -0.477 e. The summed E-state index contributed by atoms with van der Waals surface area (Å²) in [4.78, 5) is 22.1. The predicted molar refractivity (Wildman–Crippen MR) is 84.1 cm³/mol. The molecule has 2 rings (SSSR count). The minimum atomic E-state index is -1.01. The van der Waals surface area contributed by atoms with Crippen molar-refractivity contribution in [3.05, 3.63) is 47.0 Å². The SMILES string of the molecule is CCC1(CNC(=O)OCc2ccccc2)NC(C(=O)O)=CS1. The molecule has 3 N–H and O–H groups in total. The summed E-state index contributed by atoms with van der Waals surface area (Å²) in [7, 11) is 0. The average Bonchev–Trinajstić information content (AvgIpc) is 2.97. The predicted octanol–water partition coefficient (Wildman–Crippen LogP) is 2.28. The molecule has 0 aromatic heterocycles. The number of carbonyl (C=O) groups is 2. The smallest absolute Gasteiger partial charge is 0.407 e. The normalized spacial score (nSPS) is 20.0. The van der Waals surface area contributed by atoms with E-state index in [0.29, 0.717) is 6.42 Å². The number of ether oxygens (including phenoxy) is 1. The van der Waals surface area contributed by atoms with Gasteiger partial charge in [-0.3, -0.25) is 0 Å². The molecule has 118 valence electrons. The molecule has 0 radical (unpaired) electrons. The number of alkyl carbamates (subject to hydrolysis) is 1. The highest BCUT2D eigenvalue weighted by molar-refractivity contribution is 8.03. The Bertz CT molecular complexity index is 576. The Labute approximate surface area is 132 Å². The van der Waals surface area contributed by atoms with Crippen LogP contribution in [0.3, 0.4) is 0 Å². The fraction of sp³-hybridized carbons (Fsp3) is 0.333. The van der Waals surface area contributed by atoms with Gasteiger partial charge in [0.15, 0.2) is 0 Å². The zero-order valence-corrected chi connectivity index (χ0v) is 13.0. The molecule has 1 heterocycles. The fourth-order valence-electron chi connectivity index (χ4n) is 1.95. The van der Waals surface area contributed by atoms with Gasteiger partial charge in [-0.1, -0.05) is 37.3 Å². The number of carbonyl (C=O) groups excluding carboxylic acids is 1. The maximum atomic E-state index is 11.7. The Kier molecular flexibility index (Phi) is 5.32. The van der Waals surface area contributed by atoms with E-state index in [-0.39, 0.29) is 18.8 Å².